The first kappa shape index (κ1) is 20.0. The predicted octanol–water partition coefficient (Wildman–Crippen LogP) is 2.63. The van der Waals surface area contributed by atoms with Gasteiger partial charge in [-0.15, -0.1) is 0 Å². The highest BCUT2D eigenvalue weighted by Crippen LogP contribution is 2.23. The maximum Gasteiger partial charge on any atom is 0.261 e. The van der Waals surface area contributed by atoms with Crippen molar-refractivity contribution in [3.05, 3.63) is 41.3 Å². The van der Waals surface area contributed by atoms with Crippen LogP contribution in [0.2, 0.25) is 0 Å². The summed E-state index contributed by atoms with van der Waals surface area (Å²) in [4.78, 5) is 26.8. The molecule has 3 rings (SSSR count). The fourth-order valence-electron chi connectivity index (χ4n) is 3.05. The summed E-state index contributed by atoms with van der Waals surface area (Å²) in [5.41, 5.74) is 2.35. The van der Waals surface area contributed by atoms with Gasteiger partial charge in [0.1, 0.15) is 5.56 Å². The summed E-state index contributed by atoms with van der Waals surface area (Å²) in [6.45, 7) is 8.83. The highest BCUT2D eigenvalue weighted by Gasteiger charge is 2.22. The zero-order valence-corrected chi connectivity index (χ0v) is 16.4. The molecule has 8 heteroatoms. The van der Waals surface area contributed by atoms with E-state index in [-0.39, 0.29) is 17.7 Å². The first-order valence-electron chi connectivity index (χ1n) is 9.41. The molecule has 0 saturated carbocycles. The van der Waals surface area contributed by atoms with Gasteiger partial charge in [-0.25, -0.2) is 0 Å². The average molecular weight is 386 g/mol. The molecule has 1 aliphatic rings. The maximum atomic E-state index is 12.6. The number of hydrogen-bond acceptors (Lipinski definition) is 6. The van der Waals surface area contributed by atoms with Crippen molar-refractivity contribution in [2.75, 3.05) is 43.5 Å². The lowest BCUT2D eigenvalue weighted by molar-refractivity contribution is -0.118. The Labute approximate surface area is 164 Å². The van der Waals surface area contributed by atoms with Crippen LogP contribution in [0.15, 0.2) is 28.8 Å². The van der Waals surface area contributed by atoms with E-state index >= 15 is 0 Å². The Bertz CT molecular complexity index is 823. The first-order chi connectivity index (χ1) is 13.4. The van der Waals surface area contributed by atoms with E-state index in [2.05, 4.69) is 20.7 Å². The van der Waals surface area contributed by atoms with Crippen molar-refractivity contribution in [3.63, 3.8) is 0 Å². The Hall–Kier alpha value is -2.71. The smallest absolute Gasteiger partial charge is 0.261 e. The normalized spacial score (nSPS) is 14.9. The van der Waals surface area contributed by atoms with Crippen molar-refractivity contribution in [2.24, 2.45) is 0 Å². The molecule has 0 unspecified atom stereocenters. The number of aryl methyl sites for hydroxylation is 1. The third-order valence-electron chi connectivity index (χ3n) is 4.54. The van der Waals surface area contributed by atoms with E-state index in [1.807, 2.05) is 13.8 Å². The molecule has 1 aromatic heterocycles. The SMILES string of the molecule is Cc1noc(C(C)C)c1C(=O)Nc1ccc(NC(=O)CN2CCOCC2)cc1. The summed E-state index contributed by atoms with van der Waals surface area (Å²) < 4.78 is 10.6. The van der Waals surface area contributed by atoms with Crippen molar-refractivity contribution in [2.45, 2.75) is 26.7 Å². The molecule has 1 aliphatic heterocycles. The largest absolute Gasteiger partial charge is 0.379 e. The number of carbonyl (C=O) groups is 2. The number of rotatable bonds is 6. The van der Waals surface area contributed by atoms with Crippen LogP contribution in [0.5, 0.6) is 0 Å². The molecule has 2 N–H and O–H groups in total. The van der Waals surface area contributed by atoms with Crippen LogP contribution in [0.25, 0.3) is 0 Å². The fraction of sp³-hybridized carbons (Fsp3) is 0.450. The van der Waals surface area contributed by atoms with Crippen molar-refractivity contribution in [1.29, 1.82) is 0 Å². The number of aromatic nitrogens is 1. The van der Waals surface area contributed by atoms with Gasteiger partial charge in [0, 0.05) is 30.4 Å². The van der Waals surface area contributed by atoms with E-state index in [4.69, 9.17) is 9.26 Å². The fourth-order valence-corrected chi connectivity index (χ4v) is 3.05. The summed E-state index contributed by atoms with van der Waals surface area (Å²) >= 11 is 0. The van der Waals surface area contributed by atoms with E-state index in [0.717, 1.165) is 13.1 Å². The quantitative estimate of drug-likeness (QED) is 0.792. The Morgan fingerprint density at radius 2 is 1.71 bits per heavy atom. The molecule has 2 amide bonds. The average Bonchev–Trinajstić information content (AvgIpc) is 3.06. The number of carbonyl (C=O) groups excluding carboxylic acids is 2. The van der Waals surface area contributed by atoms with E-state index in [1.165, 1.54) is 0 Å². The molecule has 0 aliphatic carbocycles. The Morgan fingerprint density at radius 3 is 2.32 bits per heavy atom. The molecule has 0 bridgehead atoms. The molecule has 28 heavy (non-hydrogen) atoms. The van der Waals surface area contributed by atoms with Gasteiger partial charge in [-0.2, -0.15) is 0 Å². The second kappa shape index (κ2) is 8.99. The third-order valence-corrected chi connectivity index (χ3v) is 4.54. The highest BCUT2D eigenvalue weighted by atomic mass is 16.5. The van der Waals surface area contributed by atoms with Crippen LogP contribution in [0.3, 0.4) is 0 Å². The van der Waals surface area contributed by atoms with Crippen LogP contribution >= 0.6 is 0 Å². The van der Waals surface area contributed by atoms with Gasteiger partial charge in [-0.05, 0) is 31.2 Å². The lowest BCUT2D eigenvalue weighted by atomic mass is 10.0. The van der Waals surface area contributed by atoms with E-state index < -0.39 is 0 Å². The minimum Gasteiger partial charge on any atom is -0.379 e. The van der Waals surface area contributed by atoms with Gasteiger partial charge in [0.15, 0.2) is 5.76 Å². The molecule has 150 valence electrons. The summed E-state index contributed by atoms with van der Waals surface area (Å²) in [5, 5.41) is 9.62. The molecule has 8 nitrogen and oxygen atoms in total. The Kier molecular flexibility index (Phi) is 6.43. The van der Waals surface area contributed by atoms with Crippen LogP contribution < -0.4 is 10.6 Å². The zero-order valence-electron chi connectivity index (χ0n) is 16.4. The van der Waals surface area contributed by atoms with Crippen molar-refractivity contribution >= 4 is 23.2 Å². The minimum absolute atomic E-state index is 0.0611. The van der Waals surface area contributed by atoms with E-state index in [1.54, 1.807) is 31.2 Å². The van der Waals surface area contributed by atoms with Crippen molar-refractivity contribution < 1.29 is 18.8 Å². The molecule has 1 aromatic carbocycles. The minimum atomic E-state index is -0.258. The number of nitrogens with zero attached hydrogens (tertiary/aromatic N) is 2. The number of hydrogen-bond donors (Lipinski definition) is 2. The molecule has 1 fully saturated rings. The number of nitrogens with one attached hydrogen (secondary N) is 2. The zero-order chi connectivity index (χ0) is 20.1. The molecule has 0 spiro atoms. The molecular weight excluding hydrogens is 360 g/mol. The van der Waals surface area contributed by atoms with E-state index in [9.17, 15) is 9.59 Å². The lowest BCUT2D eigenvalue weighted by Crippen LogP contribution is -2.41. The van der Waals surface area contributed by atoms with Gasteiger partial charge < -0.3 is 19.9 Å². The number of benzene rings is 1. The number of anilines is 2. The van der Waals surface area contributed by atoms with Crippen LogP contribution in [0.4, 0.5) is 11.4 Å². The Balaban J connectivity index is 1.57. The molecule has 0 atom stereocenters. The van der Waals surface area contributed by atoms with Gasteiger partial charge in [0.25, 0.3) is 5.91 Å². The molecule has 2 aromatic rings. The predicted molar refractivity (Wildman–Crippen MR) is 106 cm³/mol. The first-order valence-corrected chi connectivity index (χ1v) is 9.41. The third kappa shape index (κ3) is 4.96. The van der Waals surface area contributed by atoms with Crippen LogP contribution in [-0.2, 0) is 9.53 Å². The molecule has 1 saturated heterocycles. The molecule has 2 heterocycles. The van der Waals surface area contributed by atoms with Crippen molar-refractivity contribution in [1.82, 2.24) is 10.1 Å². The van der Waals surface area contributed by atoms with Gasteiger partial charge in [0.05, 0.1) is 25.5 Å². The summed E-state index contributed by atoms with van der Waals surface area (Å²) in [5.74, 6) is 0.305. The molecular formula is C20H26N4O4. The summed E-state index contributed by atoms with van der Waals surface area (Å²) in [6.07, 6.45) is 0. The lowest BCUT2D eigenvalue weighted by Gasteiger charge is -2.25. The van der Waals surface area contributed by atoms with Crippen LogP contribution in [-0.4, -0.2) is 54.7 Å². The van der Waals surface area contributed by atoms with Gasteiger partial charge in [-0.1, -0.05) is 19.0 Å². The van der Waals surface area contributed by atoms with Crippen LogP contribution in [0.1, 0.15) is 41.6 Å². The maximum absolute atomic E-state index is 12.6. The van der Waals surface area contributed by atoms with Gasteiger partial charge >= 0.3 is 0 Å². The number of ether oxygens (including phenoxy) is 1. The van der Waals surface area contributed by atoms with Crippen molar-refractivity contribution in [3.8, 4) is 0 Å². The van der Waals surface area contributed by atoms with Gasteiger partial charge in [-0.3, -0.25) is 14.5 Å². The Morgan fingerprint density at radius 1 is 1.11 bits per heavy atom. The number of morpholine rings is 1. The second-order valence-electron chi connectivity index (χ2n) is 7.13. The monoisotopic (exact) mass is 386 g/mol. The number of amides is 2. The summed E-state index contributed by atoms with van der Waals surface area (Å²) in [6, 6.07) is 7.02. The highest BCUT2D eigenvalue weighted by molar-refractivity contribution is 6.06. The van der Waals surface area contributed by atoms with E-state index in [0.29, 0.717) is 48.2 Å². The second-order valence-corrected chi connectivity index (χ2v) is 7.13. The standard InChI is InChI=1S/C20H26N4O4/c1-13(2)19-18(14(3)23-28-19)20(26)22-16-6-4-15(5-7-16)21-17(25)12-24-8-10-27-11-9-24/h4-7,13H,8-12H2,1-3H3,(H,21,25)(H,22,26). The topological polar surface area (TPSA) is 96.7 Å². The van der Waals surface area contributed by atoms with Gasteiger partial charge in [0.2, 0.25) is 5.91 Å². The van der Waals surface area contributed by atoms with Crippen LogP contribution in [0, 0.1) is 6.92 Å². The molecule has 0 radical (unpaired) electrons. The summed E-state index contributed by atoms with van der Waals surface area (Å²) in [7, 11) is 0.